The zero-order valence-electron chi connectivity index (χ0n) is 22.3. The molecular weight excluding hydrogens is 497 g/mol. The van der Waals surface area contributed by atoms with Crippen LogP contribution in [-0.2, 0) is 25.7 Å². The van der Waals surface area contributed by atoms with Crippen molar-refractivity contribution in [2.24, 2.45) is 11.8 Å². The van der Waals surface area contributed by atoms with E-state index >= 15 is 0 Å². The summed E-state index contributed by atoms with van der Waals surface area (Å²) in [6.45, 7) is 4.04. The van der Waals surface area contributed by atoms with E-state index in [1.165, 1.54) is 17.0 Å². The van der Waals surface area contributed by atoms with Crippen molar-refractivity contribution in [3.63, 3.8) is 0 Å². The minimum atomic E-state index is -1.23. The maximum absolute atomic E-state index is 14.1. The van der Waals surface area contributed by atoms with Gasteiger partial charge in [0.2, 0.25) is 17.7 Å². The lowest BCUT2D eigenvalue weighted by molar-refractivity contribution is -0.142. The number of hydrogen-bond acceptors (Lipinski definition) is 4. The van der Waals surface area contributed by atoms with Crippen molar-refractivity contribution in [1.82, 2.24) is 10.2 Å². The maximum Gasteiger partial charge on any atom is 0.246 e. The fraction of sp³-hybridized carbons (Fsp3) is 0.452. The summed E-state index contributed by atoms with van der Waals surface area (Å²) in [5, 5.41) is 6.18. The first-order valence-electron chi connectivity index (χ1n) is 13.9. The van der Waals surface area contributed by atoms with E-state index in [-0.39, 0.29) is 36.1 Å². The third-order valence-corrected chi connectivity index (χ3v) is 8.63. The van der Waals surface area contributed by atoms with Crippen molar-refractivity contribution < 1.29 is 23.5 Å². The van der Waals surface area contributed by atoms with Gasteiger partial charge in [0.05, 0.1) is 17.9 Å². The molecule has 2 saturated heterocycles. The molecule has 2 aromatic carbocycles. The summed E-state index contributed by atoms with van der Waals surface area (Å²) in [5.41, 5.74) is 2.18. The van der Waals surface area contributed by atoms with Crippen molar-refractivity contribution in [3.05, 3.63) is 77.1 Å². The van der Waals surface area contributed by atoms with Gasteiger partial charge in [-0.05, 0) is 67.6 Å². The Bertz CT molecular complexity index is 1320. The molecule has 2 N–H and O–H groups in total. The van der Waals surface area contributed by atoms with Crippen molar-refractivity contribution in [2.75, 3.05) is 5.32 Å². The quantitative estimate of drug-likeness (QED) is 0.548. The van der Waals surface area contributed by atoms with E-state index in [1.54, 1.807) is 12.1 Å². The van der Waals surface area contributed by atoms with E-state index in [2.05, 4.69) is 10.6 Å². The molecular formula is C31H34FN3O4. The highest BCUT2D eigenvalue weighted by atomic mass is 19.1. The lowest BCUT2D eigenvalue weighted by atomic mass is 9.74. The number of carbonyl (C=O) groups excluding carboxylic acids is 3. The molecule has 0 radical (unpaired) electrons. The Balaban J connectivity index is 1.32. The van der Waals surface area contributed by atoms with Gasteiger partial charge in [0.15, 0.2) is 0 Å². The Morgan fingerprint density at radius 1 is 1.03 bits per heavy atom. The van der Waals surface area contributed by atoms with Gasteiger partial charge in [0.1, 0.15) is 17.5 Å². The summed E-state index contributed by atoms with van der Waals surface area (Å²) in [5.74, 6) is -2.84. The number of hydrogen-bond donors (Lipinski definition) is 2. The fourth-order valence-electron chi connectivity index (χ4n) is 7.02. The van der Waals surface area contributed by atoms with E-state index < -0.39 is 29.6 Å². The highest BCUT2D eigenvalue weighted by Crippen LogP contribution is 2.55. The predicted molar refractivity (Wildman–Crippen MR) is 144 cm³/mol. The minimum absolute atomic E-state index is 0.0516. The highest BCUT2D eigenvalue weighted by Gasteiger charge is 2.72. The second-order valence-corrected chi connectivity index (χ2v) is 11.5. The monoisotopic (exact) mass is 531 g/mol. The van der Waals surface area contributed by atoms with Crippen LogP contribution in [0.5, 0.6) is 0 Å². The normalized spacial score (nSPS) is 29.5. The number of rotatable bonds is 6. The Kier molecular flexibility index (Phi) is 6.53. The molecule has 39 heavy (non-hydrogen) atoms. The fourth-order valence-corrected chi connectivity index (χ4v) is 7.02. The van der Waals surface area contributed by atoms with Crippen molar-refractivity contribution >= 4 is 23.4 Å². The van der Waals surface area contributed by atoms with E-state index in [4.69, 9.17) is 4.74 Å². The molecule has 0 unspecified atom stereocenters. The van der Waals surface area contributed by atoms with Gasteiger partial charge < -0.3 is 20.3 Å². The Morgan fingerprint density at radius 3 is 2.41 bits per heavy atom. The molecule has 2 bridgehead atoms. The number of aryl methyl sites for hydroxylation is 2. The summed E-state index contributed by atoms with van der Waals surface area (Å²) in [6.07, 6.45) is 8.11. The number of carbonyl (C=O) groups is 3. The van der Waals surface area contributed by atoms with Crippen LogP contribution >= 0.6 is 0 Å². The Hall–Kier alpha value is -3.52. The number of benzene rings is 2. The van der Waals surface area contributed by atoms with Gasteiger partial charge in [-0.2, -0.15) is 0 Å². The Morgan fingerprint density at radius 2 is 1.72 bits per heavy atom. The standard InChI is InChI=1S/C31H34FN3O4/c1-18-14-19(2)16-23(15-18)34-28(36)25-24-12-13-31(39-24)26(25)30(38)35(17-20-8-10-21(32)11-9-20)27(31)29(37)33-22-6-4-3-5-7-22/h8-16,22,24-27H,3-7,17H2,1-2H3,(H,33,37)(H,34,36)/t24-,25-,26-,27+,31-/m0/s1. The number of anilines is 1. The molecule has 4 aliphatic rings. The van der Waals surface area contributed by atoms with E-state index in [0.29, 0.717) is 11.3 Å². The van der Waals surface area contributed by atoms with Crippen LogP contribution in [0, 0.1) is 31.5 Å². The second-order valence-electron chi connectivity index (χ2n) is 11.5. The lowest BCUT2D eigenvalue weighted by Gasteiger charge is -2.34. The maximum atomic E-state index is 14.1. The zero-order chi connectivity index (χ0) is 27.3. The number of fused-ring (bicyclic) bond motifs is 1. The van der Waals surface area contributed by atoms with Crippen LogP contribution in [0.15, 0.2) is 54.6 Å². The molecule has 1 spiro atoms. The topological polar surface area (TPSA) is 87.7 Å². The van der Waals surface area contributed by atoms with Crippen LogP contribution in [0.1, 0.15) is 48.8 Å². The predicted octanol–water partition coefficient (Wildman–Crippen LogP) is 4.18. The molecule has 0 aromatic heterocycles. The summed E-state index contributed by atoms with van der Waals surface area (Å²) in [7, 11) is 0. The van der Waals surface area contributed by atoms with Gasteiger partial charge in [0.25, 0.3) is 0 Å². The van der Waals surface area contributed by atoms with Gasteiger partial charge >= 0.3 is 0 Å². The molecule has 3 fully saturated rings. The molecule has 3 amide bonds. The zero-order valence-corrected chi connectivity index (χ0v) is 22.3. The molecule has 204 valence electrons. The number of halogens is 1. The molecule has 8 heteroatoms. The number of ether oxygens (including phenoxy) is 1. The summed E-state index contributed by atoms with van der Waals surface area (Å²) in [4.78, 5) is 43.2. The number of likely N-dealkylation sites (tertiary alicyclic amines) is 1. The van der Waals surface area contributed by atoms with Gasteiger partial charge in [-0.1, -0.05) is 49.6 Å². The van der Waals surface area contributed by atoms with Gasteiger partial charge in [-0.3, -0.25) is 14.4 Å². The minimum Gasteiger partial charge on any atom is -0.359 e. The van der Waals surface area contributed by atoms with E-state index in [0.717, 1.165) is 43.2 Å². The smallest absolute Gasteiger partial charge is 0.246 e. The average Bonchev–Trinajstić information content (AvgIpc) is 3.53. The van der Waals surface area contributed by atoms with Crippen LogP contribution in [0.3, 0.4) is 0 Å². The summed E-state index contributed by atoms with van der Waals surface area (Å²) < 4.78 is 20.0. The molecule has 2 aromatic rings. The van der Waals surface area contributed by atoms with Gasteiger partial charge in [-0.15, -0.1) is 0 Å². The SMILES string of the molecule is Cc1cc(C)cc(NC(=O)[C@H]2[C@@H]3C=C[C@]4(O3)[C@@H]2C(=O)N(Cc2ccc(F)cc2)[C@@H]4C(=O)NC2CCCCC2)c1. The summed E-state index contributed by atoms with van der Waals surface area (Å²) in [6, 6.07) is 10.8. The summed E-state index contributed by atoms with van der Waals surface area (Å²) >= 11 is 0. The first-order valence-corrected chi connectivity index (χ1v) is 13.9. The van der Waals surface area contributed by atoms with Crippen LogP contribution in [0.4, 0.5) is 10.1 Å². The molecule has 7 nitrogen and oxygen atoms in total. The molecule has 1 saturated carbocycles. The largest absolute Gasteiger partial charge is 0.359 e. The van der Waals surface area contributed by atoms with Crippen LogP contribution in [0.2, 0.25) is 0 Å². The van der Waals surface area contributed by atoms with Crippen LogP contribution in [-0.4, -0.2) is 46.4 Å². The van der Waals surface area contributed by atoms with Crippen molar-refractivity contribution in [1.29, 1.82) is 0 Å². The van der Waals surface area contributed by atoms with Crippen LogP contribution in [0.25, 0.3) is 0 Å². The molecule has 6 rings (SSSR count). The van der Waals surface area contributed by atoms with Crippen LogP contribution < -0.4 is 10.6 Å². The third kappa shape index (κ3) is 4.54. The molecule has 1 aliphatic carbocycles. The molecule has 3 aliphatic heterocycles. The Labute approximate surface area is 227 Å². The second kappa shape index (κ2) is 9.90. The first-order chi connectivity index (χ1) is 18.7. The number of nitrogens with one attached hydrogen (secondary N) is 2. The van der Waals surface area contributed by atoms with Crippen molar-refractivity contribution in [2.45, 2.75) is 76.3 Å². The molecule has 5 atom stereocenters. The van der Waals surface area contributed by atoms with E-state index in [9.17, 15) is 18.8 Å². The van der Waals surface area contributed by atoms with Gasteiger partial charge in [0, 0.05) is 18.3 Å². The number of nitrogens with zero attached hydrogens (tertiary/aromatic N) is 1. The highest BCUT2D eigenvalue weighted by molar-refractivity contribution is 6.02. The number of amides is 3. The molecule has 3 heterocycles. The average molecular weight is 532 g/mol. The van der Waals surface area contributed by atoms with Gasteiger partial charge in [-0.25, -0.2) is 4.39 Å². The van der Waals surface area contributed by atoms with E-state index in [1.807, 2.05) is 44.2 Å². The lowest BCUT2D eigenvalue weighted by Crippen LogP contribution is -2.56. The first kappa shape index (κ1) is 25.7. The van der Waals surface area contributed by atoms with Crippen molar-refractivity contribution in [3.8, 4) is 0 Å². The third-order valence-electron chi connectivity index (χ3n) is 8.63.